The molecule has 0 spiro atoms. The number of carbonyl (C=O) groups excluding carboxylic acids is 1. The highest BCUT2D eigenvalue weighted by Gasteiger charge is 2.31. The zero-order valence-electron chi connectivity index (χ0n) is 12.1. The maximum atomic E-state index is 12.1. The second-order valence-electron chi connectivity index (χ2n) is 4.93. The molecule has 2 aromatic rings. The fourth-order valence-corrected chi connectivity index (χ4v) is 2.67. The van der Waals surface area contributed by atoms with E-state index in [4.69, 9.17) is 4.74 Å². The third-order valence-corrected chi connectivity index (χ3v) is 3.58. The van der Waals surface area contributed by atoms with E-state index in [-0.39, 0.29) is 11.8 Å². The first-order chi connectivity index (χ1) is 10.1. The van der Waals surface area contributed by atoms with Crippen LogP contribution in [-0.4, -0.2) is 27.7 Å². The molecule has 0 fully saturated rings. The summed E-state index contributed by atoms with van der Waals surface area (Å²) in [6.45, 7) is 3.44. The minimum atomic E-state index is -0.295. The molecule has 0 saturated heterocycles. The van der Waals surface area contributed by atoms with Crippen LogP contribution in [-0.2, 0) is 4.79 Å². The Kier molecular flexibility index (Phi) is 3.21. The Bertz CT molecular complexity index is 733. The van der Waals surface area contributed by atoms with Crippen molar-refractivity contribution < 1.29 is 9.53 Å². The van der Waals surface area contributed by atoms with E-state index in [1.807, 2.05) is 31.2 Å². The molecule has 6 nitrogen and oxygen atoms in total. The van der Waals surface area contributed by atoms with Gasteiger partial charge in [0.15, 0.2) is 5.78 Å². The molecule has 0 unspecified atom stereocenters. The molecule has 6 heteroatoms. The van der Waals surface area contributed by atoms with Crippen molar-refractivity contribution in [1.29, 1.82) is 0 Å². The molecule has 0 aliphatic carbocycles. The van der Waals surface area contributed by atoms with Crippen LogP contribution in [0.15, 0.2) is 41.9 Å². The highest BCUT2D eigenvalue weighted by atomic mass is 16.5. The van der Waals surface area contributed by atoms with Crippen molar-refractivity contribution in [3.05, 3.63) is 47.4 Å². The topological polar surface area (TPSA) is 69.0 Å². The Labute approximate surface area is 122 Å². The molecule has 0 amide bonds. The number of benzene rings is 1. The molecule has 2 heterocycles. The molecular weight excluding hydrogens is 268 g/mol. The molecule has 0 radical (unpaired) electrons. The zero-order chi connectivity index (χ0) is 15.0. The molecule has 0 saturated carbocycles. The molecule has 108 valence electrons. The van der Waals surface area contributed by atoms with Gasteiger partial charge in [-0.2, -0.15) is 10.1 Å². The maximum Gasteiger partial charge on any atom is 0.226 e. The van der Waals surface area contributed by atoms with Crippen LogP contribution < -0.4 is 10.1 Å². The second-order valence-corrected chi connectivity index (χ2v) is 4.93. The Balaban J connectivity index is 2.19. The van der Waals surface area contributed by atoms with Crippen molar-refractivity contribution in [3.8, 4) is 5.75 Å². The van der Waals surface area contributed by atoms with Gasteiger partial charge in [-0.3, -0.25) is 4.79 Å². The zero-order valence-corrected chi connectivity index (χ0v) is 12.1. The number of Topliss-reactive ketones (excluding diaryl/α,β-unsaturated/α-hetero) is 1. The predicted molar refractivity (Wildman–Crippen MR) is 78.2 cm³/mol. The predicted octanol–water partition coefficient (Wildman–Crippen LogP) is 2.16. The molecule has 0 bridgehead atoms. The number of carbonyl (C=O) groups is 1. The van der Waals surface area contributed by atoms with Gasteiger partial charge in [-0.05, 0) is 31.5 Å². The van der Waals surface area contributed by atoms with Gasteiger partial charge in [-0.15, -0.1) is 0 Å². The van der Waals surface area contributed by atoms with Crippen molar-refractivity contribution in [2.75, 3.05) is 12.4 Å². The van der Waals surface area contributed by atoms with Crippen LogP contribution >= 0.6 is 0 Å². The van der Waals surface area contributed by atoms with Gasteiger partial charge in [0.25, 0.3) is 0 Å². The Morgan fingerprint density at radius 3 is 2.95 bits per heavy atom. The lowest BCUT2D eigenvalue weighted by Gasteiger charge is -2.28. The Morgan fingerprint density at radius 1 is 1.43 bits per heavy atom. The normalized spacial score (nSPS) is 17.2. The van der Waals surface area contributed by atoms with Crippen molar-refractivity contribution >= 4 is 11.7 Å². The van der Waals surface area contributed by atoms with Gasteiger partial charge in [0, 0.05) is 11.3 Å². The summed E-state index contributed by atoms with van der Waals surface area (Å²) in [6, 6.07) is 7.35. The first-order valence-electron chi connectivity index (χ1n) is 6.64. The summed E-state index contributed by atoms with van der Waals surface area (Å²) in [6.07, 6.45) is 1.48. The number of aromatic nitrogens is 3. The van der Waals surface area contributed by atoms with Gasteiger partial charge in [0.1, 0.15) is 18.1 Å². The average molecular weight is 284 g/mol. The van der Waals surface area contributed by atoms with E-state index in [2.05, 4.69) is 15.4 Å². The largest absolute Gasteiger partial charge is 0.497 e. The number of allylic oxidation sites excluding steroid dienone is 2. The number of nitrogens with zero attached hydrogens (tertiary/aromatic N) is 3. The lowest BCUT2D eigenvalue weighted by Crippen LogP contribution is -2.27. The van der Waals surface area contributed by atoms with Gasteiger partial charge in [0.05, 0.1) is 7.11 Å². The lowest BCUT2D eigenvalue weighted by atomic mass is 9.93. The highest BCUT2D eigenvalue weighted by Crippen LogP contribution is 2.35. The van der Waals surface area contributed by atoms with Crippen LogP contribution in [0.4, 0.5) is 5.95 Å². The van der Waals surface area contributed by atoms with Crippen molar-refractivity contribution in [3.63, 3.8) is 0 Å². The minimum Gasteiger partial charge on any atom is -0.497 e. The van der Waals surface area contributed by atoms with Gasteiger partial charge in [-0.25, -0.2) is 4.68 Å². The Morgan fingerprint density at radius 2 is 2.24 bits per heavy atom. The standard InChI is InChI=1S/C15H16N4O2/c1-9-13(10(2)20)14(19-15(18-9)16-8-17-19)11-5-4-6-12(7-11)21-3/h4-8,14H,1-3H3,(H,16,17,18)/t14-/m0/s1. The molecule has 1 N–H and O–H groups in total. The third-order valence-electron chi connectivity index (χ3n) is 3.58. The summed E-state index contributed by atoms with van der Waals surface area (Å²) in [5.74, 6) is 1.38. The SMILES string of the molecule is COc1cccc([C@H]2C(C(C)=O)=C(C)Nc3ncnn32)c1. The van der Waals surface area contributed by atoms with E-state index in [0.717, 1.165) is 17.0 Å². The number of ketones is 1. The van der Waals surface area contributed by atoms with Crippen LogP contribution in [0.25, 0.3) is 0 Å². The lowest BCUT2D eigenvalue weighted by molar-refractivity contribution is -0.114. The number of nitrogens with one attached hydrogen (secondary N) is 1. The van der Waals surface area contributed by atoms with E-state index in [9.17, 15) is 4.79 Å². The summed E-state index contributed by atoms with van der Waals surface area (Å²) in [5.41, 5.74) is 2.42. The molecule has 1 atom stereocenters. The van der Waals surface area contributed by atoms with Crippen LogP contribution in [0.1, 0.15) is 25.5 Å². The van der Waals surface area contributed by atoms with Gasteiger partial charge >= 0.3 is 0 Å². The first-order valence-corrected chi connectivity index (χ1v) is 6.64. The Hall–Kier alpha value is -2.63. The smallest absolute Gasteiger partial charge is 0.226 e. The number of rotatable bonds is 3. The molecule has 1 aromatic heterocycles. The quantitative estimate of drug-likeness (QED) is 0.935. The van der Waals surface area contributed by atoms with Crippen molar-refractivity contribution in [2.24, 2.45) is 0 Å². The summed E-state index contributed by atoms with van der Waals surface area (Å²) >= 11 is 0. The number of hydrogen-bond donors (Lipinski definition) is 1. The van der Waals surface area contributed by atoms with E-state index < -0.39 is 0 Å². The van der Waals surface area contributed by atoms with Crippen LogP contribution in [0.2, 0.25) is 0 Å². The number of hydrogen-bond acceptors (Lipinski definition) is 5. The molecule has 1 aliphatic rings. The number of fused-ring (bicyclic) bond motifs is 1. The minimum absolute atomic E-state index is 0.00831. The molecule has 1 aliphatic heterocycles. The summed E-state index contributed by atoms with van der Waals surface area (Å²) in [7, 11) is 1.62. The average Bonchev–Trinajstić information content (AvgIpc) is 2.93. The molecule has 3 rings (SSSR count). The van der Waals surface area contributed by atoms with Gasteiger partial charge in [0.2, 0.25) is 5.95 Å². The van der Waals surface area contributed by atoms with Crippen LogP contribution in [0, 0.1) is 0 Å². The molecule has 21 heavy (non-hydrogen) atoms. The summed E-state index contributed by atoms with van der Waals surface area (Å²) in [4.78, 5) is 16.3. The number of methoxy groups -OCH3 is 1. The summed E-state index contributed by atoms with van der Waals surface area (Å²) in [5, 5.41) is 7.37. The fourth-order valence-electron chi connectivity index (χ4n) is 2.67. The summed E-state index contributed by atoms with van der Waals surface area (Å²) < 4.78 is 7.00. The van der Waals surface area contributed by atoms with Crippen LogP contribution in [0.3, 0.4) is 0 Å². The molecular formula is C15H16N4O2. The first kappa shape index (κ1) is 13.4. The van der Waals surface area contributed by atoms with Gasteiger partial charge < -0.3 is 10.1 Å². The highest BCUT2D eigenvalue weighted by molar-refractivity contribution is 5.96. The third kappa shape index (κ3) is 2.18. The number of ether oxygens (including phenoxy) is 1. The van der Waals surface area contributed by atoms with Crippen LogP contribution in [0.5, 0.6) is 5.75 Å². The van der Waals surface area contributed by atoms with E-state index in [1.165, 1.54) is 6.33 Å². The molecule has 1 aromatic carbocycles. The van der Waals surface area contributed by atoms with Gasteiger partial charge in [-0.1, -0.05) is 12.1 Å². The van der Waals surface area contributed by atoms with E-state index in [0.29, 0.717) is 11.5 Å². The van der Waals surface area contributed by atoms with Crippen molar-refractivity contribution in [2.45, 2.75) is 19.9 Å². The second kappa shape index (κ2) is 5.05. The monoisotopic (exact) mass is 284 g/mol. The number of anilines is 1. The van der Waals surface area contributed by atoms with E-state index in [1.54, 1.807) is 18.7 Å². The fraction of sp³-hybridized carbons (Fsp3) is 0.267. The van der Waals surface area contributed by atoms with Crippen molar-refractivity contribution in [1.82, 2.24) is 14.8 Å². The maximum absolute atomic E-state index is 12.1. The van der Waals surface area contributed by atoms with E-state index >= 15 is 0 Å².